The maximum absolute atomic E-state index is 13.0. The first-order valence-corrected chi connectivity index (χ1v) is 9.96. The predicted molar refractivity (Wildman–Crippen MR) is 115 cm³/mol. The molecule has 4 rings (SSSR count). The summed E-state index contributed by atoms with van der Waals surface area (Å²) < 4.78 is 6.68. The highest BCUT2D eigenvalue weighted by Gasteiger charge is 2.22. The summed E-state index contributed by atoms with van der Waals surface area (Å²) in [4.78, 5) is 40.1. The zero-order chi connectivity index (χ0) is 21.1. The molecule has 2 amide bonds. The van der Waals surface area contributed by atoms with E-state index >= 15 is 0 Å². The van der Waals surface area contributed by atoms with Crippen molar-refractivity contribution >= 4 is 40.0 Å². The maximum Gasteiger partial charge on any atom is 0.254 e. The Labute approximate surface area is 177 Å². The van der Waals surface area contributed by atoms with Gasteiger partial charge < -0.3 is 15.0 Å². The molecular formula is C22H20ClN3O4. The molecule has 1 aromatic heterocycles. The number of morpholine rings is 1. The molecule has 0 bridgehead atoms. The number of carbonyl (C=O) groups excluding carboxylic acids is 2. The van der Waals surface area contributed by atoms with E-state index in [0.717, 1.165) is 0 Å². The molecule has 1 fully saturated rings. The van der Waals surface area contributed by atoms with Gasteiger partial charge in [-0.25, -0.2) is 0 Å². The summed E-state index contributed by atoms with van der Waals surface area (Å²) in [6, 6.07) is 15.1. The van der Waals surface area contributed by atoms with Gasteiger partial charge >= 0.3 is 0 Å². The molecule has 7 nitrogen and oxygen atoms in total. The topological polar surface area (TPSA) is 80.6 Å². The first kappa shape index (κ1) is 20.1. The van der Waals surface area contributed by atoms with E-state index in [1.807, 2.05) is 0 Å². The number of rotatable bonds is 4. The fourth-order valence-electron chi connectivity index (χ4n) is 3.49. The summed E-state index contributed by atoms with van der Waals surface area (Å²) in [7, 11) is 0. The van der Waals surface area contributed by atoms with Crippen LogP contribution in [0.3, 0.4) is 0 Å². The number of halogens is 1. The number of carbonyl (C=O) groups is 2. The van der Waals surface area contributed by atoms with Gasteiger partial charge in [0.2, 0.25) is 5.91 Å². The van der Waals surface area contributed by atoms with Gasteiger partial charge in [-0.15, -0.1) is 0 Å². The molecule has 2 heterocycles. The van der Waals surface area contributed by atoms with E-state index in [1.54, 1.807) is 53.4 Å². The van der Waals surface area contributed by atoms with Gasteiger partial charge in [-0.1, -0.05) is 29.8 Å². The Morgan fingerprint density at radius 2 is 1.73 bits per heavy atom. The Hall–Kier alpha value is -3.16. The number of para-hydroxylation sites is 1. The fraction of sp³-hybridized carbons (Fsp3) is 0.227. The molecule has 0 unspecified atom stereocenters. The van der Waals surface area contributed by atoms with Gasteiger partial charge in [0.1, 0.15) is 6.54 Å². The number of amides is 2. The van der Waals surface area contributed by atoms with Gasteiger partial charge in [0.05, 0.1) is 24.3 Å². The fourth-order valence-corrected chi connectivity index (χ4v) is 3.61. The monoisotopic (exact) mass is 425 g/mol. The minimum atomic E-state index is -0.406. The van der Waals surface area contributed by atoms with Gasteiger partial charge in [-0.05, 0) is 30.3 Å². The SMILES string of the molecule is O=C(Cn1c(=O)cc(C(=O)N2CCOCC2)c2ccccc21)Nc1ccc(Cl)cc1. The van der Waals surface area contributed by atoms with E-state index < -0.39 is 5.56 Å². The summed E-state index contributed by atoms with van der Waals surface area (Å²) in [6.07, 6.45) is 0. The molecule has 3 aromatic rings. The lowest BCUT2D eigenvalue weighted by Crippen LogP contribution is -2.41. The molecule has 2 aromatic carbocycles. The van der Waals surface area contributed by atoms with Crippen molar-refractivity contribution < 1.29 is 14.3 Å². The quantitative estimate of drug-likeness (QED) is 0.697. The number of ether oxygens (including phenoxy) is 1. The first-order chi connectivity index (χ1) is 14.5. The minimum Gasteiger partial charge on any atom is -0.378 e. The van der Waals surface area contributed by atoms with Crippen LogP contribution in [0.2, 0.25) is 5.02 Å². The van der Waals surface area contributed by atoms with E-state index in [1.165, 1.54) is 10.6 Å². The van der Waals surface area contributed by atoms with Crippen molar-refractivity contribution in [3.8, 4) is 0 Å². The van der Waals surface area contributed by atoms with Crippen molar-refractivity contribution in [1.82, 2.24) is 9.47 Å². The first-order valence-electron chi connectivity index (χ1n) is 9.58. The molecule has 1 N–H and O–H groups in total. The van der Waals surface area contributed by atoms with Crippen molar-refractivity contribution in [2.24, 2.45) is 0 Å². The largest absolute Gasteiger partial charge is 0.378 e. The van der Waals surface area contributed by atoms with Crippen LogP contribution in [0.5, 0.6) is 0 Å². The van der Waals surface area contributed by atoms with Crippen molar-refractivity contribution in [2.45, 2.75) is 6.54 Å². The van der Waals surface area contributed by atoms with Crippen molar-refractivity contribution in [2.75, 3.05) is 31.6 Å². The third-order valence-corrected chi connectivity index (χ3v) is 5.23. The van der Waals surface area contributed by atoms with Gasteiger partial charge in [-0.2, -0.15) is 0 Å². The summed E-state index contributed by atoms with van der Waals surface area (Å²) in [6.45, 7) is 1.75. The normalized spacial score (nSPS) is 14.0. The average molecular weight is 426 g/mol. The third kappa shape index (κ3) is 4.22. The predicted octanol–water partition coefficient (Wildman–Crippen LogP) is 2.77. The molecule has 30 heavy (non-hydrogen) atoms. The average Bonchev–Trinajstić information content (AvgIpc) is 2.77. The van der Waals surface area contributed by atoms with Gasteiger partial charge in [-0.3, -0.25) is 19.0 Å². The molecule has 0 atom stereocenters. The summed E-state index contributed by atoms with van der Waals surface area (Å²) in [5.74, 6) is -0.554. The van der Waals surface area contributed by atoms with E-state index in [2.05, 4.69) is 5.32 Å². The minimum absolute atomic E-state index is 0.173. The number of anilines is 1. The number of hydrogen-bond donors (Lipinski definition) is 1. The summed E-state index contributed by atoms with van der Waals surface area (Å²) in [5, 5.41) is 3.95. The number of nitrogens with one attached hydrogen (secondary N) is 1. The summed E-state index contributed by atoms with van der Waals surface area (Å²) in [5.41, 5.74) is 1.05. The van der Waals surface area contributed by atoms with Crippen LogP contribution in [0.4, 0.5) is 5.69 Å². The molecule has 0 spiro atoms. The molecule has 0 saturated carbocycles. The number of aromatic nitrogens is 1. The van der Waals surface area contributed by atoms with Gasteiger partial charge in [0, 0.05) is 35.3 Å². The smallest absolute Gasteiger partial charge is 0.254 e. The van der Waals surface area contributed by atoms with Crippen LogP contribution < -0.4 is 10.9 Å². The van der Waals surface area contributed by atoms with Crippen molar-refractivity contribution in [1.29, 1.82) is 0 Å². The number of nitrogens with zero attached hydrogens (tertiary/aromatic N) is 2. The van der Waals surface area contributed by atoms with Crippen LogP contribution in [-0.4, -0.2) is 47.6 Å². The Morgan fingerprint density at radius 3 is 2.47 bits per heavy atom. The molecule has 0 aliphatic carbocycles. The Bertz CT molecular complexity index is 1150. The van der Waals surface area contributed by atoms with Crippen LogP contribution in [0, 0.1) is 0 Å². The molecular weight excluding hydrogens is 406 g/mol. The maximum atomic E-state index is 13.0. The molecule has 8 heteroatoms. The van der Waals surface area contributed by atoms with Gasteiger partial charge in [0.15, 0.2) is 0 Å². The van der Waals surface area contributed by atoms with Crippen molar-refractivity contribution in [3.05, 3.63) is 75.5 Å². The third-order valence-electron chi connectivity index (χ3n) is 4.98. The molecule has 154 valence electrons. The van der Waals surface area contributed by atoms with Crippen LogP contribution >= 0.6 is 11.6 Å². The van der Waals surface area contributed by atoms with Gasteiger partial charge in [0.25, 0.3) is 11.5 Å². The molecule has 1 saturated heterocycles. The highest BCUT2D eigenvalue weighted by molar-refractivity contribution is 6.30. The highest BCUT2D eigenvalue weighted by atomic mass is 35.5. The standard InChI is InChI=1S/C22H20ClN3O4/c23-15-5-7-16(8-6-15)24-20(27)14-26-19-4-2-1-3-17(19)18(13-21(26)28)22(29)25-9-11-30-12-10-25/h1-8,13H,9-12,14H2,(H,24,27). The van der Waals surface area contributed by atoms with Crippen LogP contribution in [0.25, 0.3) is 10.9 Å². The van der Waals surface area contributed by atoms with E-state index in [0.29, 0.717) is 53.5 Å². The second-order valence-corrected chi connectivity index (χ2v) is 7.40. The Balaban J connectivity index is 1.65. The lowest BCUT2D eigenvalue weighted by atomic mass is 10.1. The molecule has 0 radical (unpaired) electrons. The van der Waals surface area contributed by atoms with E-state index in [-0.39, 0.29) is 18.4 Å². The van der Waals surface area contributed by atoms with Crippen LogP contribution in [-0.2, 0) is 16.1 Å². The zero-order valence-corrected chi connectivity index (χ0v) is 16.9. The van der Waals surface area contributed by atoms with Crippen molar-refractivity contribution in [3.63, 3.8) is 0 Å². The van der Waals surface area contributed by atoms with E-state index in [9.17, 15) is 14.4 Å². The van der Waals surface area contributed by atoms with E-state index in [4.69, 9.17) is 16.3 Å². The zero-order valence-electron chi connectivity index (χ0n) is 16.1. The highest BCUT2D eigenvalue weighted by Crippen LogP contribution is 2.20. The molecule has 1 aliphatic rings. The molecule has 1 aliphatic heterocycles. The second kappa shape index (κ2) is 8.69. The second-order valence-electron chi connectivity index (χ2n) is 6.96. The lowest BCUT2D eigenvalue weighted by molar-refractivity contribution is -0.116. The Kier molecular flexibility index (Phi) is 5.83. The van der Waals surface area contributed by atoms with Crippen LogP contribution in [0.1, 0.15) is 10.4 Å². The number of fused-ring (bicyclic) bond motifs is 1. The number of pyridine rings is 1. The number of benzene rings is 2. The number of hydrogen-bond acceptors (Lipinski definition) is 4. The van der Waals surface area contributed by atoms with Crippen LogP contribution in [0.15, 0.2) is 59.4 Å². The lowest BCUT2D eigenvalue weighted by Gasteiger charge is -2.27. The Morgan fingerprint density at radius 1 is 1.03 bits per heavy atom. The summed E-state index contributed by atoms with van der Waals surface area (Å²) >= 11 is 5.86.